The van der Waals surface area contributed by atoms with E-state index in [0.29, 0.717) is 19.5 Å². The fourth-order valence-corrected chi connectivity index (χ4v) is 2.58. The molecule has 0 unspecified atom stereocenters. The smallest absolute Gasteiger partial charge is 0.221 e. The Morgan fingerprint density at radius 1 is 1.43 bits per heavy atom. The molecule has 8 nitrogen and oxygen atoms in total. The molecule has 114 valence electrons. The van der Waals surface area contributed by atoms with E-state index in [1.165, 1.54) is 11.8 Å². The average molecular weight is 309 g/mol. The molecule has 0 spiro atoms. The van der Waals surface area contributed by atoms with Crippen molar-refractivity contribution in [2.45, 2.75) is 32.0 Å². The van der Waals surface area contributed by atoms with Gasteiger partial charge in [0.15, 0.2) is 0 Å². The molecule has 2 heterocycles. The molecule has 0 aromatic carbocycles. The second kappa shape index (κ2) is 7.21. The number of amides is 1. The summed E-state index contributed by atoms with van der Waals surface area (Å²) < 4.78 is 3.46. The highest BCUT2D eigenvalue weighted by atomic mass is 32.2. The monoisotopic (exact) mass is 309 g/mol. The van der Waals surface area contributed by atoms with E-state index in [4.69, 9.17) is 0 Å². The molecule has 0 saturated carbocycles. The maximum atomic E-state index is 11.8. The summed E-state index contributed by atoms with van der Waals surface area (Å²) in [6.45, 7) is 5.13. The number of thioether (sulfide) groups is 1. The molecule has 1 amide bonds. The van der Waals surface area contributed by atoms with Crippen molar-refractivity contribution in [1.82, 2.24) is 35.3 Å². The van der Waals surface area contributed by atoms with Crippen molar-refractivity contribution in [3.63, 3.8) is 0 Å². The molecule has 0 saturated heterocycles. The van der Waals surface area contributed by atoms with E-state index in [0.717, 1.165) is 22.3 Å². The predicted molar refractivity (Wildman–Crippen MR) is 78.8 cm³/mol. The molecule has 0 atom stereocenters. The van der Waals surface area contributed by atoms with Crippen molar-refractivity contribution in [2.24, 2.45) is 7.05 Å². The highest BCUT2D eigenvalue weighted by molar-refractivity contribution is 7.99. The van der Waals surface area contributed by atoms with E-state index in [1.807, 2.05) is 24.6 Å². The number of carbonyl (C=O) groups is 1. The number of rotatable bonds is 7. The topological polar surface area (TPSA) is 90.5 Å². The van der Waals surface area contributed by atoms with E-state index in [-0.39, 0.29) is 5.91 Å². The molecular formula is C12H19N7OS. The summed E-state index contributed by atoms with van der Waals surface area (Å²) in [5, 5.41) is 19.1. The fourth-order valence-electron chi connectivity index (χ4n) is 1.87. The van der Waals surface area contributed by atoms with Gasteiger partial charge in [0.2, 0.25) is 11.1 Å². The Hall–Kier alpha value is -1.90. The van der Waals surface area contributed by atoms with E-state index in [1.54, 1.807) is 11.7 Å². The molecule has 0 aliphatic rings. The number of tetrazole rings is 1. The van der Waals surface area contributed by atoms with Crippen LogP contribution in [0.25, 0.3) is 0 Å². The van der Waals surface area contributed by atoms with Crippen LogP contribution < -0.4 is 5.32 Å². The minimum Gasteiger partial charge on any atom is -0.355 e. The molecule has 0 fully saturated rings. The first-order chi connectivity index (χ1) is 10.1. The van der Waals surface area contributed by atoms with Crippen LogP contribution in [0.5, 0.6) is 0 Å². The fraction of sp³-hybridized carbons (Fsp3) is 0.583. The maximum absolute atomic E-state index is 11.8. The summed E-state index contributed by atoms with van der Waals surface area (Å²) in [7, 11) is 1.79. The average Bonchev–Trinajstić information content (AvgIpc) is 2.98. The molecule has 0 aliphatic carbocycles. The first-order valence-electron chi connectivity index (χ1n) is 6.69. The molecule has 21 heavy (non-hydrogen) atoms. The van der Waals surface area contributed by atoms with Crippen molar-refractivity contribution < 1.29 is 4.79 Å². The standard InChI is InChI=1S/C12H19N7OS/c1-9-8-10(2)19(15-9)6-4-11(20)13-5-7-21-12-14-16-17-18(12)3/h8H,4-7H2,1-3H3,(H,13,20). The van der Waals surface area contributed by atoms with Gasteiger partial charge < -0.3 is 5.32 Å². The normalized spacial score (nSPS) is 10.8. The maximum Gasteiger partial charge on any atom is 0.221 e. The summed E-state index contributed by atoms with van der Waals surface area (Å²) in [6.07, 6.45) is 0.429. The van der Waals surface area contributed by atoms with Crippen LogP contribution in [-0.2, 0) is 18.4 Å². The lowest BCUT2D eigenvalue weighted by Gasteiger charge is -2.06. The van der Waals surface area contributed by atoms with Crippen LogP contribution in [0, 0.1) is 13.8 Å². The van der Waals surface area contributed by atoms with Crippen molar-refractivity contribution in [3.05, 3.63) is 17.5 Å². The first kappa shape index (κ1) is 15.5. The Morgan fingerprint density at radius 3 is 2.86 bits per heavy atom. The van der Waals surface area contributed by atoms with E-state index in [2.05, 4.69) is 25.9 Å². The molecular weight excluding hydrogens is 290 g/mol. The van der Waals surface area contributed by atoms with Crippen LogP contribution in [0.4, 0.5) is 0 Å². The van der Waals surface area contributed by atoms with Crippen molar-refractivity contribution in [2.75, 3.05) is 12.3 Å². The van der Waals surface area contributed by atoms with Gasteiger partial charge in [0, 0.05) is 38.0 Å². The second-order valence-electron chi connectivity index (χ2n) is 4.68. The number of nitrogens with one attached hydrogen (secondary N) is 1. The third-order valence-corrected chi connectivity index (χ3v) is 3.90. The highest BCUT2D eigenvalue weighted by Gasteiger charge is 2.06. The molecule has 2 rings (SSSR count). The van der Waals surface area contributed by atoms with Crippen LogP contribution in [0.2, 0.25) is 0 Å². The Bertz CT molecular complexity index is 607. The van der Waals surface area contributed by atoms with Crippen LogP contribution in [-0.4, -0.2) is 48.2 Å². The Labute approximate surface area is 127 Å². The Balaban J connectivity index is 1.64. The SMILES string of the molecule is Cc1cc(C)n(CCC(=O)NCCSc2nnnn2C)n1. The van der Waals surface area contributed by atoms with Gasteiger partial charge in [-0.2, -0.15) is 5.10 Å². The summed E-state index contributed by atoms with van der Waals surface area (Å²) in [6, 6.07) is 2.00. The van der Waals surface area contributed by atoms with Crippen LogP contribution in [0.1, 0.15) is 17.8 Å². The molecule has 2 aromatic heterocycles. The van der Waals surface area contributed by atoms with Crippen molar-refractivity contribution in [1.29, 1.82) is 0 Å². The zero-order chi connectivity index (χ0) is 15.2. The Kier molecular flexibility index (Phi) is 5.32. The van der Waals surface area contributed by atoms with Gasteiger partial charge in [0.1, 0.15) is 0 Å². The third kappa shape index (κ3) is 4.55. The van der Waals surface area contributed by atoms with E-state index in [9.17, 15) is 4.79 Å². The number of carbonyl (C=O) groups excluding carboxylic acids is 1. The number of nitrogens with zero attached hydrogens (tertiary/aromatic N) is 6. The summed E-state index contributed by atoms with van der Waals surface area (Å²) in [5.74, 6) is 0.763. The minimum atomic E-state index is 0.0271. The third-order valence-electron chi connectivity index (χ3n) is 2.89. The number of hydrogen-bond acceptors (Lipinski definition) is 6. The lowest BCUT2D eigenvalue weighted by atomic mass is 10.3. The molecule has 9 heteroatoms. The first-order valence-corrected chi connectivity index (χ1v) is 7.67. The predicted octanol–water partition coefficient (Wildman–Crippen LogP) is 0.322. The van der Waals surface area contributed by atoms with Gasteiger partial charge in [0.05, 0.1) is 5.69 Å². The largest absolute Gasteiger partial charge is 0.355 e. The van der Waals surface area contributed by atoms with Crippen LogP contribution >= 0.6 is 11.8 Å². The van der Waals surface area contributed by atoms with Crippen LogP contribution in [0.3, 0.4) is 0 Å². The van der Waals surface area contributed by atoms with Gasteiger partial charge in [0.25, 0.3) is 0 Å². The lowest BCUT2D eigenvalue weighted by Crippen LogP contribution is -2.27. The second-order valence-corrected chi connectivity index (χ2v) is 5.75. The molecule has 0 aliphatic heterocycles. The summed E-state index contributed by atoms with van der Waals surface area (Å²) in [5.41, 5.74) is 2.05. The minimum absolute atomic E-state index is 0.0271. The van der Waals surface area contributed by atoms with Gasteiger partial charge in [-0.1, -0.05) is 11.8 Å². The summed E-state index contributed by atoms with van der Waals surface area (Å²) in [4.78, 5) is 11.8. The van der Waals surface area contributed by atoms with Crippen LogP contribution in [0.15, 0.2) is 11.2 Å². The Morgan fingerprint density at radius 2 is 2.24 bits per heavy atom. The number of aryl methyl sites for hydroxylation is 4. The molecule has 1 N–H and O–H groups in total. The van der Waals surface area contributed by atoms with Gasteiger partial charge in [-0.05, 0) is 30.3 Å². The quantitative estimate of drug-likeness (QED) is 0.585. The van der Waals surface area contributed by atoms with Crippen molar-refractivity contribution >= 4 is 17.7 Å². The van der Waals surface area contributed by atoms with Gasteiger partial charge >= 0.3 is 0 Å². The van der Waals surface area contributed by atoms with Gasteiger partial charge in [-0.15, -0.1) is 5.10 Å². The zero-order valence-electron chi connectivity index (χ0n) is 12.4. The number of aromatic nitrogens is 6. The van der Waals surface area contributed by atoms with Gasteiger partial charge in [-0.25, -0.2) is 4.68 Å². The number of hydrogen-bond donors (Lipinski definition) is 1. The molecule has 0 bridgehead atoms. The van der Waals surface area contributed by atoms with E-state index < -0.39 is 0 Å². The van der Waals surface area contributed by atoms with E-state index >= 15 is 0 Å². The zero-order valence-corrected chi connectivity index (χ0v) is 13.2. The lowest BCUT2D eigenvalue weighted by molar-refractivity contribution is -0.121. The van der Waals surface area contributed by atoms with Gasteiger partial charge in [-0.3, -0.25) is 9.48 Å². The molecule has 0 radical (unpaired) electrons. The molecule has 2 aromatic rings. The highest BCUT2D eigenvalue weighted by Crippen LogP contribution is 2.10. The summed E-state index contributed by atoms with van der Waals surface area (Å²) >= 11 is 1.51. The van der Waals surface area contributed by atoms with Crippen molar-refractivity contribution in [3.8, 4) is 0 Å².